The van der Waals surface area contributed by atoms with Crippen molar-refractivity contribution in [3.05, 3.63) is 59.9 Å². The first-order chi connectivity index (χ1) is 12.7. The van der Waals surface area contributed by atoms with Crippen LogP contribution in [-0.4, -0.2) is 20.1 Å². The number of nitrogens with zero attached hydrogens (tertiary/aromatic N) is 4. The lowest BCUT2D eigenvalue weighted by Gasteiger charge is -2.13. The number of fused-ring (bicyclic) bond motifs is 1. The van der Waals surface area contributed by atoms with Crippen LogP contribution >= 0.6 is 12.4 Å². The normalized spacial score (nSPS) is 10.6. The Kier molecular flexibility index (Phi) is 5.32. The fourth-order valence-corrected chi connectivity index (χ4v) is 2.67. The minimum atomic E-state index is -0.358. The van der Waals surface area contributed by atoms with Crippen LogP contribution in [0.1, 0.15) is 18.4 Å². The van der Waals surface area contributed by atoms with Crippen molar-refractivity contribution in [2.45, 2.75) is 20.3 Å². The Balaban J connectivity index is 0.00000210. The van der Waals surface area contributed by atoms with E-state index in [0.29, 0.717) is 40.7 Å². The Hall–Kier alpha value is -3.06. The van der Waals surface area contributed by atoms with Gasteiger partial charge in [-0.2, -0.15) is 4.98 Å². The Morgan fingerprint density at radius 2 is 1.93 bits per heavy atom. The Labute approximate surface area is 161 Å². The van der Waals surface area contributed by atoms with Crippen LogP contribution in [0.25, 0.3) is 22.5 Å². The summed E-state index contributed by atoms with van der Waals surface area (Å²) in [5.41, 5.74) is 2.97. The predicted molar refractivity (Wildman–Crippen MR) is 104 cm³/mol. The zero-order valence-corrected chi connectivity index (χ0v) is 15.5. The van der Waals surface area contributed by atoms with Gasteiger partial charge < -0.3 is 9.84 Å². The molecule has 4 rings (SSSR count). The molecule has 1 N–H and O–H groups in total. The van der Waals surface area contributed by atoms with Gasteiger partial charge in [-0.1, -0.05) is 24.2 Å². The van der Waals surface area contributed by atoms with Crippen LogP contribution in [0.5, 0.6) is 0 Å². The summed E-state index contributed by atoms with van der Waals surface area (Å²) in [4.78, 5) is 13.2. The minimum absolute atomic E-state index is 0. The van der Waals surface area contributed by atoms with Gasteiger partial charge in [-0.05, 0) is 31.2 Å². The number of halogens is 2. The van der Waals surface area contributed by atoms with Crippen LogP contribution < -0.4 is 5.32 Å². The first-order valence-corrected chi connectivity index (χ1v) is 8.26. The molecule has 8 heteroatoms. The third-order valence-corrected chi connectivity index (χ3v) is 4.02. The molecule has 0 aliphatic heterocycles. The molecule has 6 nitrogen and oxygen atoms in total. The maximum atomic E-state index is 14.2. The summed E-state index contributed by atoms with van der Waals surface area (Å²) in [6, 6.07) is 10.2. The van der Waals surface area contributed by atoms with Crippen molar-refractivity contribution in [3.63, 3.8) is 0 Å². The summed E-state index contributed by atoms with van der Waals surface area (Å²) >= 11 is 0. The summed E-state index contributed by atoms with van der Waals surface area (Å²) < 4.78 is 19.6. The molecule has 0 saturated heterocycles. The highest BCUT2D eigenvalue weighted by Gasteiger charge is 2.18. The van der Waals surface area contributed by atoms with E-state index >= 15 is 0 Å². The lowest BCUT2D eigenvalue weighted by atomic mass is 10.1. The molecule has 27 heavy (non-hydrogen) atoms. The van der Waals surface area contributed by atoms with Crippen molar-refractivity contribution in [2.75, 3.05) is 5.32 Å². The second-order valence-corrected chi connectivity index (χ2v) is 5.84. The number of pyridine rings is 2. The van der Waals surface area contributed by atoms with Gasteiger partial charge in [0.2, 0.25) is 0 Å². The summed E-state index contributed by atoms with van der Waals surface area (Å²) in [5, 5.41) is 7.83. The predicted octanol–water partition coefficient (Wildman–Crippen LogP) is 4.86. The molecule has 1 aromatic carbocycles. The molecule has 0 saturated carbocycles. The van der Waals surface area contributed by atoms with E-state index in [-0.39, 0.29) is 18.2 Å². The number of benzene rings is 1. The van der Waals surface area contributed by atoms with Gasteiger partial charge >= 0.3 is 0 Å². The van der Waals surface area contributed by atoms with Gasteiger partial charge in [0.25, 0.3) is 5.89 Å². The molecule has 138 valence electrons. The Bertz CT molecular complexity index is 1100. The minimum Gasteiger partial charge on any atom is -0.352 e. The summed E-state index contributed by atoms with van der Waals surface area (Å²) in [5.74, 6) is 0.567. The first kappa shape index (κ1) is 18.7. The number of rotatable bonds is 4. The molecular weight excluding hydrogens is 369 g/mol. The van der Waals surface area contributed by atoms with Crippen molar-refractivity contribution in [1.29, 1.82) is 0 Å². The number of hydrogen-bond donors (Lipinski definition) is 1. The van der Waals surface area contributed by atoms with Gasteiger partial charge in [-0.3, -0.25) is 0 Å². The van der Waals surface area contributed by atoms with Crippen LogP contribution in [-0.2, 0) is 6.42 Å². The monoisotopic (exact) mass is 385 g/mol. The maximum absolute atomic E-state index is 14.2. The molecule has 0 amide bonds. The number of nitrogens with one attached hydrogen (secondary N) is 1. The van der Waals surface area contributed by atoms with Crippen LogP contribution in [0.2, 0.25) is 0 Å². The van der Waals surface area contributed by atoms with Gasteiger partial charge in [-0.15, -0.1) is 12.4 Å². The summed E-state index contributed by atoms with van der Waals surface area (Å²) in [6.45, 7) is 3.84. The smallest absolute Gasteiger partial charge is 0.261 e. The van der Waals surface area contributed by atoms with Gasteiger partial charge in [0, 0.05) is 23.7 Å². The molecule has 3 aromatic heterocycles. The standard InChI is InChI=1S/C19H16FN5O.ClH/c1-3-16-24-19(26-25-16)13-10-21-18-12(9-8-11(2)22-18)17(13)23-15-7-5-4-6-14(15)20;/h4-10H,3H2,1-2H3,(H,21,22,23);1H. The van der Waals surface area contributed by atoms with E-state index in [1.165, 1.54) is 6.07 Å². The van der Waals surface area contributed by atoms with Gasteiger partial charge in [-0.25, -0.2) is 14.4 Å². The molecule has 0 aliphatic carbocycles. The SMILES string of the molecule is CCc1noc(-c2cnc3nc(C)ccc3c2Nc2ccccc2F)n1.Cl. The fraction of sp³-hybridized carbons (Fsp3) is 0.158. The molecular formula is C19H17ClFN5O. The summed E-state index contributed by atoms with van der Waals surface area (Å²) in [6.07, 6.45) is 2.27. The van der Waals surface area contributed by atoms with Gasteiger partial charge in [0.1, 0.15) is 5.82 Å². The Morgan fingerprint density at radius 3 is 2.67 bits per heavy atom. The number of hydrogen-bond acceptors (Lipinski definition) is 6. The lowest BCUT2D eigenvalue weighted by molar-refractivity contribution is 0.423. The molecule has 0 fully saturated rings. The van der Waals surface area contributed by atoms with E-state index in [1.807, 2.05) is 26.0 Å². The Morgan fingerprint density at radius 1 is 1.11 bits per heavy atom. The van der Waals surface area contributed by atoms with Crippen molar-refractivity contribution in [1.82, 2.24) is 20.1 Å². The van der Waals surface area contributed by atoms with Crippen molar-refractivity contribution in [2.24, 2.45) is 0 Å². The topological polar surface area (TPSA) is 76.7 Å². The quantitative estimate of drug-likeness (QED) is 0.540. The van der Waals surface area contributed by atoms with E-state index in [1.54, 1.807) is 24.4 Å². The molecule has 3 heterocycles. The fourth-order valence-electron chi connectivity index (χ4n) is 2.67. The van der Waals surface area contributed by atoms with E-state index in [2.05, 4.69) is 25.4 Å². The van der Waals surface area contributed by atoms with Crippen LogP contribution in [0.4, 0.5) is 15.8 Å². The van der Waals surface area contributed by atoms with Crippen molar-refractivity contribution < 1.29 is 8.91 Å². The number of aryl methyl sites for hydroxylation is 2. The molecule has 0 aliphatic rings. The first-order valence-electron chi connectivity index (χ1n) is 8.26. The molecule has 0 bridgehead atoms. The highest BCUT2D eigenvalue weighted by Crippen LogP contribution is 2.35. The van der Waals surface area contributed by atoms with E-state index in [9.17, 15) is 4.39 Å². The largest absolute Gasteiger partial charge is 0.352 e. The van der Waals surface area contributed by atoms with Gasteiger partial charge in [0.15, 0.2) is 11.5 Å². The van der Waals surface area contributed by atoms with E-state index in [0.717, 1.165) is 11.1 Å². The van der Waals surface area contributed by atoms with E-state index < -0.39 is 0 Å². The number of aromatic nitrogens is 4. The highest BCUT2D eigenvalue weighted by atomic mass is 35.5. The number of anilines is 2. The molecule has 0 radical (unpaired) electrons. The van der Waals surface area contributed by atoms with Crippen LogP contribution in [0, 0.1) is 12.7 Å². The van der Waals surface area contributed by atoms with Crippen LogP contribution in [0.15, 0.2) is 47.1 Å². The zero-order valence-electron chi connectivity index (χ0n) is 14.7. The second-order valence-electron chi connectivity index (χ2n) is 5.84. The summed E-state index contributed by atoms with van der Waals surface area (Å²) in [7, 11) is 0. The molecule has 0 atom stereocenters. The molecule has 0 spiro atoms. The van der Waals surface area contributed by atoms with Crippen molar-refractivity contribution >= 4 is 34.8 Å². The third-order valence-electron chi connectivity index (χ3n) is 4.02. The van der Waals surface area contributed by atoms with Crippen LogP contribution in [0.3, 0.4) is 0 Å². The lowest BCUT2D eigenvalue weighted by Crippen LogP contribution is -2.00. The third kappa shape index (κ3) is 3.59. The average Bonchev–Trinajstić information content (AvgIpc) is 3.12. The maximum Gasteiger partial charge on any atom is 0.261 e. The van der Waals surface area contributed by atoms with Crippen molar-refractivity contribution in [3.8, 4) is 11.5 Å². The average molecular weight is 386 g/mol. The second kappa shape index (κ2) is 7.67. The molecule has 0 unspecified atom stereocenters. The van der Waals surface area contributed by atoms with E-state index in [4.69, 9.17) is 4.52 Å². The van der Waals surface area contributed by atoms with Gasteiger partial charge in [0.05, 0.1) is 16.9 Å². The molecule has 4 aromatic rings. The zero-order chi connectivity index (χ0) is 18.1. The number of para-hydroxylation sites is 1. The highest BCUT2D eigenvalue weighted by molar-refractivity contribution is 5.98.